The number of rotatable bonds is 3. The first kappa shape index (κ1) is 11.8. The molecule has 0 aromatic heterocycles. The molecule has 0 unspecified atom stereocenters. The molecule has 2 aromatic rings. The first-order valence-corrected chi connectivity index (χ1v) is 6.45. The Balaban J connectivity index is 1.78. The van der Waals surface area contributed by atoms with E-state index < -0.39 is 0 Å². The second-order valence-corrected chi connectivity index (χ2v) is 4.59. The molecule has 0 radical (unpaired) electrons. The molecule has 0 aliphatic carbocycles. The fourth-order valence-electron chi connectivity index (χ4n) is 2.02. The summed E-state index contributed by atoms with van der Waals surface area (Å²) in [6.07, 6.45) is 1.10. The smallest absolute Gasteiger partial charge is 0.253 e. The molecular formula is C16H15NO2. The summed E-state index contributed by atoms with van der Waals surface area (Å²) in [5.74, 6) is 1.55. The molecule has 1 aliphatic heterocycles. The molecule has 0 N–H and O–H groups in total. The van der Waals surface area contributed by atoms with Crippen molar-refractivity contribution in [3.8, 4) is 11.5 Å². The average molecular weight is 253 g/mol. The maximum atomic E-state index is 12.1. The van der Waals surface area contributed by atoms with Gasteiger partial charge in [-0.2, -0.15) is 0 Å². The van der Waals surface area contributed by atoms with Crippen LogP contribution in [0.5, 0.6) is 11.5 Å². The van der Waals surface area contributed by atoms with Crippen molar-refractivity contribution in [2.45, 2.75) is 6.42 Å². The Morgan fingerprint density at radius 1 is 0.947 bits per heavy atom. The van der Waals surface area contributed by atoms with Gasteiger partial charge in [-0.25, -0.2) is 0 Å². The molecule has 1 amide bonds. The van der Waals surface area contributed by atoms with Gasteiger partial charge in [-0.15, -0.1) is 0 Å². The van der Waals surface area contributed by atoms with Crippen molar-refractivity contribution >= 4 is 5.91 Å². The van der Waals surface area contributed by atoms with Crippen molar-refractivity contribution in [1.29, 1.82) is 0 Å². The number of hydrogen-bond acceptors (Lipinski definition) is 2. The second-order valence-electron chi connectivity index (χ2n) is 4.59. The van der Waals surface area contributed by atoms with E-state index in [9.17, 15) is 4.79 Å². The van der Waals surface area contributed by atoms with Gasteiger partial charge in [0.1, 0.15) is 11.5 Å². The Bertz CT molecular complexity index is 576. The van der Waals surface area contributed by atoms with Gasteiger partial charge >= 0.3 is 0 Å². The van der Waals surface area contributed by atoms with E-state index >= 15 is 0 Å². The fraction of sp³-hybridized carbons (Fsp3) is 0.188. The van der Waals surface area contributed by atoms with Crippen LogP contribution in [0.3, 0.4) is 0 Å². The zero-order valence-electron chi connectivity index (χ0n) is 10.6. The number of carbonyl (C=O) groups is 1. The van der Waals surface area contributed by atoms with Crippen LogP contribution in [0.1, 0.15) is 16.8 Å². The maximum absolute atomic E-state index is 12.1. The summed E-state index contributed by atoms with van der Waals surface area (Å²) in [7, 11) is 0. The quantitative estimate of drug-likeness (QED) is 0.839. The topological polar surface area (TPSA) is 29.5 Å². The number of likely N-dealkylation sites (tertiary alicyclic amines) is 1. The Labute approximate surface area is 112 Å². The molecule has 1 fully saturated rings. The molecule has 1 heterocycles. The van der Waals surface area contributed by atoms with Crippen molar-refractivity contribution < 1.29 is 9.53 Å². The molecule has 1 saturated heterocycles. The fourth-order valence-corrected chi connectivity index (χ4v) is 2.02. The molecule has 3 nitrogen and oxygen atoms in total. The van der Waals surface area contributed by atoms with Crippen LogP contribution < -0.4 is 4.74 Å². The molecule has 0 saturated carbocycles. The Kier molecular flexibility index (Phi) is 3.19. The van der Waals surface area contributed by atoms with Gasteiger partial charge in [-0.3, -0.25) is 4.79 Å². The average Bonchev–Trinajstić information content (AvgIpc) is 2.38. The van der Waals surface area contributed by atoms with Crippen molar-refractivity contribution in [2.75, 3.05) is 13.1 Å². The van der Waals surface area contributed by atoms with Gasteiger partial charge in [0.2, 0.25) is 0 Å². The molecule has 0 atom stereocenters. The van der Waals surface area contributed by atoms with Gasteiger partial charge in [0, 0.05) is 18.7 Å². The maximum Gasteiger partial charge on any atom is 0.253 e. The van der Waals surface area contributed by atoms with Crippen LogP contribution in [0.4, 0.5) is 0 Å². The molecule has 0 bridgehead atoms. The third-order valence-corrected chi connectivity index (χ3v) is 3.20. The number of hydrogen-bond donors (Lipinski definition) is 0. The SMILES string of the molecule is O=C(c1cccc(Oc2ccccc2)c1)N1CCC1. The normalized spacial score (nSPS) is 13.8. The summed E-state index contributed by atoms with van der Waals surface area (Å²) in [4.78, 5) is 14.0. The molecule has 0 spiro atoms. The van der Waals surface area contributed by atoms with Gasteiger partial charge in [-0.05, 0) is 36.8 Å². The third-order valence-electron chi connectivity index (χ3n) is 3.20. The number of para-hydroxylation sites is 1. The lowest BCUT2D eigenvalue weighted by Gasteiger charge is -2.30. The molecule has 2 aromatic carbocycles. The highest BCUT2D eigenvalue weighted by Crippen LogP contribution is 2.23. The van der Waals surface area contributed by atoms with E-state index in [1.165, 1.54) is 0 Å². The molecule has 1 aliphatic rings. The number of nitrogens with zero attached hydrogens (tertiary/aromatic N) is 1. The molecule has 3 heteroatoms. The summed E-state index contributed by atoms with van der Waals surface area (Å²) in [5.41, 5.74) is 0.688. The Morgan fingerprint density at radius 2 is 1.68 bits per heavy atom. The van der Waals surface area contributed by atoms with Crippen LogP contribution in [0.25, 0.3) is 0 Å². The zero-order valence-corrected chi connectivity index (χ0v) is 10.6. The monoisotopic (exact) mass is 253 g/mol. The van der Waals surface area contributed by atoms with Gasteiger partial charge < -0.3 is 9.64 Å². The van der Waals surface area contributed by atoms with Gasteiger partial charge in [0.15, 0.2) is 0 Å². The van der Waals surface area contributed by atoms with E-state index in [2.05, 4.69) is 0 Å². The summed E-state index contributed by atoms with van der Waals surface area (Å²) < 4.78 is 5.73. The highest BCUT2D eigenvalue weighted by Gasteiger charge is 2.21. The number of amides is 1. The van der Waals surface area contributed by atoms with E-state index in [-0.39, 0.29) is 5.91 Å². The van der Waals surface area contributed by atoms with Crippen molar-refractivity contribution in [3.05, 3.63) is 60.2 Å². The first-order chi connectivity index (χ1) is 9.33. The van der Waals surface area contributed by atoms with Crippen LogP contribution in [0.15, 0.2) is 54.6 Å². The molecule has 96 valence electrons. The van der Waals surface area contributed by atoms with Crippen molar-refractivity contribution in [3.63, 3.8) is 0 Å². The number of ether oxygens (including phenoxy) is 1. The highest BCUT2D eigenvalue weighted by atomic mass is 16.5. The predicted molar refractivity (Wildman–Crippen MR) is 73.5 cm³/mol. The van der Waals surface area contributed by atoms with E-state index in [1.807, 2.05) is 53.4 Å². The van der Waals surface area contributed by atoms with Gasteiger partial charge in [0.05, 0.1) is 0 Å². The van der Waals surface area contributed by atoms with Crippen LogP contribution in [0.2, 0.25) is 0 Å². The summed E-state index contributed by atoms with van der Waals surface area (Å²) in [6.45, 7) is 1.73. The highest BCUT2D eigenvalue weighted by molar-refractivity contribution is 5.95. The van der Waals surface area contributed by atoms with Crippen LogP contribution >= 0.6 is 0 Å². The van der Waals surface area contributed by atoms with Gasteiger partial charge in [-0.1, -0.05) is 24.3 Å². The van der Waals surface area contributed by atoms with Crippen molar-refractivity contribution in [1.82, 2.24) is 4.90 Å². The van der Waals surface area contributed by atoms with Crippen LogP contribution in [0, 0.1) is 0 Å². The van der Waals surface area contributed by atoms with E-state index in [0.29, 0.717) is 11.3 Å². The third kappa shape index (κ3) is 2.60. The minimum absolute atomic E-state index is 0.0877. The number of benzene rings is 2. The summed E-state index contributed by atoms with van der Waals surface area (Å²) in [5, 5.41) is 0. The molecular weight excluding hydrogens is 238 g/mol. The van der Waals surface area contributed by atoms with E-state index in [4.69, 9.17) is 4.74 Å². The number of carbonyl (C=O) groups excluding carboxylic acids is 1. The largest absolute Gasteiger partial charge is 0.457 e. The lowest BCUT2D eigenvalue weighted by Crippen LogP contribution is -2.41. The van der Waals surface area contributed by atoms with Crippen LogP contribution in [-0.4, -0.2) is 23.9 Å². The Hall–Kier alpha value is -2.29. The standard InChI is InChI=1S/C16H15NO2/c18-16(17-10-5-11-17)13-6-4-9-15(12-13)19-14-7-2-1-3-8-14/h1-4,6-9,12H,5,10-11H2. The molecule has 3 rings (SSSR count). The lowest BCUT2D eigenvalue weighted by molar-refractivity contribution is 0.0651. The van der Waals surface area contributed by atoms with E-state index in [0.717, 1.165) is 25.3 Å². The summed E-state index contributed by atoms with van der Waals surface area (Å²) >= 11 is 0. The second kappa shape index (κ2) is 5.14. The first-order valence-electron chi connectivity index (χ1n) is 6.45. The van der Waals surface area contributed by atoms with Crippen molar-refractivity contribution in [2.24, 2.45) is 0 Å². The zero-order chi connectivity index (χ0) is 13.1. The lowest BCUT2D eigenvalue weighted by atomic mass is 10.1. The predicted octanol–water partition coefficient (Wildman–Crippen LogP) is 3.32. The minimum atomic E-state index is 0.0877. The Morgan fingerprint density at radius 3 is 2.37 bits per heavy atom. The van der Waals surface area contributed by atoms with E-state index in [1.54, 1.807) is 6.07 Å². The van der Waals surface area contributed by atoms with Gasteiger partial charge in [0.25, 0.3) is 5.91 Å². The molecule has 19 heavy (non-hydrogen) atoms. The van der Waals surface area contributed by atoms with Crippen LogP contribution in [-0.2, 0) is 0 Å². The minimum Gasteiger partial charge on any atom is -0.457 e. The summed E-state index contributed by atoms with van der Waals surface area (Å²) in [6, 6.07) is 16.9.